The first-order chi connectivity index (χ1) is 16.0. The number of aromatic nitrogens is 3. The van der Waals surface area contributed by atoms with Crippen LogP contribution in [-0.4, -0.2) is 69.6 Å². The average Bonchev–Trinajstić information content (AvgIpc) is 2.81. The lowest BCUT2D eigenvalue weighted by atomic mass is 10.1. The summed E-state index contributed by atoms with van der Waals surface area (Å²) >= 11 is 7.50. The molecule has 1 aliphatic heterocycles. The predicted octanol–water partition coefficient (Wildman–Crippen LogP) is 3.20. The largest absolute Gasteiger partial charge is 0.355 e. The topological polar surface area (TPSA) is 91.3 Å². The van der Waals surface area contributed by atoms with Crippen LogP contribution in [0.1, 0.15) is 38.8 Å². The van der Waals surface area contributed by atoms with Gasteiger partial charge in [-0.1, -0.05) is 42.8 Å². The molecule has 0 bridgehead atoms. The van der Waals surface area contributed by atoms with Crippen LogP contribution >= 0.6 is 23.4 Å². The molecule has 8 nitrogen and oxygen atoms in total. The van der Waals surface area contributed by atoms with Crippen molar-refractivity contribution in [1.29, 1.82) is 0 Å². The molecule has 33 heavy (non-hydrogen) atoms. The van der Waals surface area contributed by atoms with Gasteiger partial charge in [0.1, 0.15) is 11.0 Å². The molecular weight excluding hydrogens is 460 g/mol. The van der Waals surface area contributed by atoms with Crippen LogP contribution in [0.5, 0.6) is 0 Å². The van der Waals surface area contributed by atoms with Crippen molar-refractivity contribution in [3.8, 4) is 0 Å². The van der Waals surface area contributed by atoms with E-state index in [0.717, 1.165) is 24.4 Å². The number of thioether (sulfide) groups is 1. The number of piperazine rings is 1. The molecule has 0 saturated carbocycles. The number of carbonyl (C=O) groups excluding carboxylic acids is 2. The molecule has 0 radical (unpaired) electrons. The third kappa shape index (κ3) is 7.85. The second-order valence-electron chi connectivity index (χ2n) is 8.03. The minimum atomic E-state index is -0.0890. The first kappa shape index (κ1) is 25.2. The summed E-state index contributed by atoms with van der Waals surface area (Å²) in [4.78, 5) is 41.8. The average molecular weight is 491 g/mol. The smallest absolute Gasteiger partial charge is 0.230 e. The van der Waals surface area contributed by atoms with Gasteiger partial charge in [0.05, 0.1) is 5.75 Å². The minimum absolute atomic E-state index is 0.0890. The molecule has 0 spiro atoms. The highest BCUT2D eigenvalue weighted by atomic mass is 35.5. The Kier molecular flexibility index (Phi) is 9.75. The van der Waals surface area contributed by atoms with Crippen LogP contribution in [0.3, 0.4) is 0 Å². The second kappa shape index (κ2) is 12.7. The zero-order valence-electron chi connectivity index (χ0n) is 19.2. The highest BCUT2D eigenvalue weighted by Gasteiger charge is 2.28. The molecule has 1 aliphatic rings. The van der Waals surface area contributed by atoms with Crippen molar-refractivity contribution >= 4 is 41.0 Å². The molecule has 1 N–H and O–H groups in total. The summed E-state index contributed by atoms with van der Waals surface area (Å²) < 4.78 is 0. The van der Waals surface area contributed by atoms with Crippen LogP contribution in [0.25, 0.3) is 0 Å². The van der Waals surface area contributed by atoms with Crippen molar-refractivity contribution in [1.82, 2.24) is 25.2 Å². The van der Waals surface area contributed by atoms with Crippen LogP contribution in [0.15, 0.2) is 35.6 Å². The van der Waals surface area contributed by atoms with Gasteiger partial charge in [0, 0.05) is 63.0 Å². The fraction of sp³-hybridized carbons (Fsp3) is 0.522. The van der Waals surface area contributed by atoms with Gasteiger partial charge in [-0.25, -0.2) is 9.97 Å². The number of hydrogen-bond donors (Lipinski definition) is 1. The summed E-state index contributed by atoms with van der Waals surface area (Å²) in [5.41, 5.74) is 0.939. The Hall–Kier alpha value is -2.39. The van der Waals surface area contributed by atoms with Gasteiger partial charge >= 0.3 is 0 Å². The molecule has 10 heteroatoms. The lowest BCUT2D eigenvalue weighted by Gasteiger charge is -2.40. The Morgan fingerprint density at radius 1 is 1.27 bits per heavy atom. The fourth-order valence-electron chi connectivity index (χ4n) is 3.68. The van der Waals surface area contributed by atoms with Crippen molar-refractivity contribution in [2.24, 2.45) is 0 Å². The molecule has 0 aromatic carbocycles. The number of hydrogen-bond acceptors (Lipinski definition) is 7. The molecule has 2 amide bonds. The number of unbranched alkanes of at least 4 members (excludes halogenated alkanes) is 1. The van der Waals surface area contributed by atoms with Crippen molar-refractivity contribution in [3.63, 3.8) is 0 Å². The third-order valence-electron chi connectivity index (χ3n) is 5.44. The molecule has 0 aliphatic carbocycles. The van der Waals surface area contributed by atoms with Gasteiger partial charge < -0.3 is 15.1 Å². The summed E-state index contributed by atoms with van der Waals surface area (Å²) in [7, 11) is 0. The Labute approximate surface area is 204 Å². The zero-order chi connectivity index (χ0) is 23.6. The first-order valence-corrected chi connectivity index (χ1v) is 12.7. The summed E-state index contributed by atoms with van der Waals surface area (Å²) in [6, 6.07) is 7.56. The SMILES string of the molecule is CCCCC(=O)N1CCN(c2cc(Cl)nc(SCC(=O)NCCc3ccccn3)n2)CC1C. The van der Waals surface area contributed by atoms with Gasteiger partial charge in [0.25, 0.3) is 0 Å². The van der Waals surface area contributed by atoms with Crippen molar-refractivity contribution < 1.29 is 9.59 Å². The van der Waals surface area contributed by atoms with Crippen molar-refractivity contribution in [2.75, 3.05) is 36.8 Å². The molecule has 1 atom stereocenters. The maximum absolute atomic E-state index is 12.4. The lowest BCUT2D eigenvalue weighted by molar-refractivity contribution is -0.133. The highest BCUT2D eigenvalue weighted by molar-refractivity contribution is 7.99. The van der Waals surface area contributed by atoms with E-state index in [1.165, 1.54) is 11.8 Å². The highest BCUT2D eigenvalue weighted by Crippen LogP contribution is 2.24. The molecule has 3 heterocycles. The van der Waals surface area contributed by atoms with E-state index in [9.17, 15) is 9.59 Å². The van der Waals surface area contributed by atoms with Gasteiger partial charge in [0.2, 0.25) is 11.8 Å². The normalized spacial score (nSPS) is 16.0. The van der Waals surface area contributed by atoms with Crippen LogP contribution in [0, 0.1) is 0 Å². The van der Waals surface area contributed by atoms with Crippen LogP contribution in [0.2, 0.25) is 5.15 Å². The summed E-state index contributed by atoms with van der Waals surface area (Å²) in [5, 5.41) is 3.70. The number of rotatable bonds is 10. The third-order valence-corrected chi connectivity index (χ3v) is 6.48. The Balaban J connectivity index is 1.50. The van der Waals surface area contributed by atoms with E-state index in [0.29, 0.717) is 49.3 Å². The van der Waals surface area contributed by atoms with Gasteiger partial charge in [-0.05, 0) is 25.5 Å². The molecule has 1 unspecified atom stereocenters. The Bertz CT molecular complexity index is 932. The molecule has 178 valence electrons. The summed E-state index contributed by atoms with van der Waals surface area (Å²) in [6.07, 6.45) is 4.96. The van der Waals surface area contributed by atoms with E-state index in [1.54, 1.807) is 12.3 Å². The maximum atomic E-state index is 12.4. The molecular formula is C23H31ClN6O2S. The molecule has 3 rings (SSSR count). The van der Waals surface area contributed by atoms with E-state index < -0.39 is 0 Å². The zero-order valence-corrected chi connectivity index (χ0v) is 20.7. The number of halogens is 1. The summed E-state index contributed by atoms with van der Waals surface area (Å²) in [5.74, 6) is 1.06. The minimum Gasteiger partial charge on any atom is -0.355 e. The van der Waals surface area contributed by atoms with E-state index in [4.69, 9.17) is 11.6 Å². The fourth-order valence-corrected chi connectivity index (χ4v) is 4.59. The van der Waals surface area contributed by atoms with Crippen LogP contribution < -0.4 is 10.2 Å². The van der Waals surface area contributed by atoms with Crippen molar-refractivity contribution in [2.45, 2.75) is 50.7 Å². The predicted molar refractivity (Wildman–Crippen MR) is 132 cm³/mol. The second-order valence-corrected chi connectivity index (χ2v) is 9.36. The Morgan fingerprint density at radius 2 is 2.12 bits per heavy atom. The molecule has 2 aromatic rings. The van der Waals surface area contributed by atoms with Crippen LogP contribution in [0.4, 0.5) is 5.82 Å². The van der Waals surface area contributed by atoms with Gasteiger partial charge in [0.15, 0.2) is 5.16 Å². The Morgan fingerprint density at radius 3 is 2.85 bits per heavy atom. The number of carbonyl (C=O) groups is 2. The number of pyridine rings is 1. The number of amides is 2. The number of nitrogens with one attached hydrogen (secondary N) is 1. The molecule has 1 saturated heterocycles. The van der Waals surface area contributed by atoms with Gasteiger partial charge in [-0.15, -0.1) is 0 Å². The quantitative estimate of drug-likeness (QED) is 0.310. The van der Waals surface area contributed by atoms with E-state index >= 15 is 0 Å². The van der Waals surface area contributed by atoms with Gasteiger partial charge in [-0.2, -0.15) is 0 Å². The van der Waals surface area contributed by atoms with E-state index in [2.05, 4.69) is 39.0 Å². The lowest BCUT2D eigenvalue weighted by Crippen LogP contribution is -2.54. The summed E-state index contributed by atoms with van der Waals surface area (Å²) in [6.45, 7) is 6.71. The number of anilines is 1. The monoisotopic (exact) mass is 490 g/mol. The molecule has 1 fully saturated rings. The van der Waals surface area contributed by atoms with Crippen molar-refractivity contribution in [3.05, 3.63) is 41.3 Å². The van der Waals surface area contributed by atoms with E-state index in [-0.39, 0.29) is 23.6 Å². The first-order valence-electron chi connectivity index (χ1n) is 11.3. The standard InChI is InChI=1S/C23H31ClN6O2S/c1-3-4-8-22(32)30-13-12-29(15-17(30)2)20-14-19(24)27-23(28-20)33-16-21(31)26-11-9-18-7-5-6-10-25-18/h5-7,10,14,17H,3-4,8-9,11-13,15-16H2,1-2H3,(H,26,31). The maximum Gasteiger partial charge on any atom is 0.230 e. The molecule has 2 aromatic heterocycles. The van der Waals surface area contributed by atoms with E-state index in [1.807, 2.05) is 23.1 Å². The van der Waals surface area contributed by atoms with Gasteiger partial charge in [-0.3, -0.25) is 14.6 Å². The number of nitrogens with zero attached hydrogens (tertiary/aromatic N) is 5. The van der Waals surface area contributed by atoms with Crippen LogP contribution in [-0.2, 0) is 16.0 Å².